The quantitative estimate of drug-likeness (QED) is 0.933. The first-order chi connectivity index (χ1) is 9.63. The first-order valence-corrected chi connectivity index (χ1v) is 7.75. The van der Waals surface area contributed by atoms with Gasteiger partial charge < -0.3 is 10.2 Å². The molecule has 4 nitrogen and oxygen atoms in total. The van der Waals surface area contributed by atoms with Crippen LogP contribution in [0.4, 0.5) is 5.82 Å². The Morgan fingerprint density at radius 2 is 2.15 bits per heavy atom. The average Bonchev–Trinajstić information content (AvgIpc) is 3.23. The van der Waals surface area contributed by atoms with Crippen molar-refractivity contribution in [2.75, 3.05) is 18.0 Å². The number of carbonyl (C=O) groups excluding carboxylic acids is 1. The summed E-state index contributed by atoms with van der Waals surface area (Å²) in [6.07, 6.45) is 5.71. The normalized spacial score (nSPS) is 22.7. The van der Waals surface area contributed by atoms with Gasteiger partial charge in [-0.1, -0.05) is 23.2 Å². The molecular weight excluding hydrogens is 297 g/mol. The lowest BCUT2D eigenvalue weighted by Crippen LogP contribution is -2.48. The van der Waals surface area contributed by atoms with Crippen LogP contribution in [0.3, 0.4) is 0 Å². The number of rotatable bonds is 3. The van der Waals surface area contributed by atoms with Gasteiger partial charge in [-0.15, -0.1) is 0 Å². The Hall–Kier alpha value is -1.000. The Kier molecular flexibility index (Phi) is 4.03. The number of nitrogens with zero attached hydrogens (tertiary/aromatic N) is 2. The van der Waals surface area contributed by atoms with Crippen LogP contribution in [0.25, 0.3) is 0 Å². The predicted octanol–water partition coefficient (Wildman–Crippen LogP) is 2.88. The summed E-state index contributed by atoms with van der Waals surface area (Å²) in [5, 5.41) is 4.23. The molecule has 0 bridgehead atoms. The van der Waals surface area contributed by atoms with Crippen molar-refractivity contribution in [2.24, 2.45) is 5.92 Å². The number of hydrogen-bond acceptors (Lipinski definition) is 3. The summed E-state index contributed by atoms with van der Waals surface area (Å²) in [5.41, 5.74) is 0. The van der Waals surface area contributed by atoms with Crippen LogP contribution >= 0.6 is 23.2 Å². The third-order valence-corrected chi connectivity index (χ3v) is 4.29. The average molecular weight is 314 g/mol. The van der Waals surface area contributed by atoms with Crippen molar-refractivity contribution in [2.45, 2.75) is 31.7 Å². The summed E-state index contributed by atoms with van der Waals surface area (Å²) in [6.45, 7) is 1.66. The van der Waals surface area contributed by atoms with Crippen LogP contribution in [0.1, 0.15) is 25.7 Å². The highest BCUT2D eigenvalue weighted by Gasteiger charge is 2.32. The third kappa shape index (κ3) is 3.18. The molecule has 2 fully saturated rings. The number of amides is 1. The third-order valence-electron chi connectivity index (χ3n) is 3.80. The second-order valence-electron chi connectivity index (χ2n) is 5.53. The van der Waals surface area contributed by atoms with Gasteiger partial charge in [-0.05, 0) is 31.7 Å². The van der Waals surface area contributed by atoms with Crippen molar-refractivity contribution >= 4 is 34.9 Å². The van der Waals surface area contributed by atoms with Crippen molar-refractivity contribution < 1.29 is 4.79 Å². The zero-order valence-corrected chi connectivity index (χ0v) is 12.6. The Morgan fingerprint density at radius 1 is 1.35 bits per heavy atom. The van der Waals surface area contributed by atoms with Crippen LogP contribution in [-0.4, -0.2) is 30.0 Å². The van der Waals surface area contributed by atoms with Gasteiger partial charge in [-0.25, -0.2) is 4.98 Å². The molecule has 1 saturated carbocycles. The summed E-state index contributed by atoms with van der Waals surface area (Å²) in [4.78, 5) is 18.3. The molecule has 1 amide bonds. The lowest BCUT2D eigenvalue weighted by Gasteiger charge is -2.34. The summed E-state index contributed by atoms with van der Waals surface area (Å²) in [7, 11) is 0. The molecule has 1 aromatic heterocycles. The van der Waals surface area contributed by atoms with Crippen LogP contribution in [0.2, 0.25) is 10.0 Å². The molecule has 20 heavy (non-hydrogen) atoms. The van der Waals surface area contributed by atoms with Crippen LogP contribution in [0.15, 0.2) is 12.3 Å². The van der Waals surface area contributed by atoms with Crippen molar-refractivity contribution in [3.63, 3.8) is 0 Å². The molecule has 0 aromatic carbocycles. The largest absolute Gasteiger partial charge is 0.353 e. The molecule has 3 rings (SSSR count). The number of anilines is 1. The monoisotopic (exact) mass is 313 g/mol. The Balaban J connectivity index is 1.66. The second-order valence-corrected chi connectivity index (χ2v) is 6.37. The molecule has 2 aliphatic rings. The number of carbonyl (C=O) groups is 1. The van der Waals surface area contributed by atoms with E-state index in [1.165, 1.54) is 0 Å². The number of aromatic nitrogens is 1. The molecule has 1 aliphatic heterocycles. The van der Waals surface area contributed by atoms with E-state index in [0.717, 1.165) is 44.6 Å². The standard InChI is InChI=1S/C14H17Cl2N3O/c15-10-6-12(16)13(17-7-10)19-5-1-2-11(8-19)18-14(20)9-3-4-9/h6-7,9,11H,1-5,8H2,(H,18,20). The van der Waals surface area contributed by atoms with Crippen LogP contribution in [-0.2, 0) is 4.79 Å². The van der Waals surface area contributed by atoms with Gasteiger partial charge in [-0.2, -0.15) is 0 Å². The summed E-state index contributed by atoms with van der Waals surface area (Å²) in [6, 6.07) is 1.89. The molecule has 1 aromatic rings. The van der Waals surface area contributed by atoms with Crippen LogP contribution in [0.5, 0.6) is 0 Å². The summed E-state index contributed by atoms with van der Waals surface area (Å²) >= 11 is 12.1. The number of piperidine rings is 1. The SMILES string of the molecule is O=C(NC1CCCN(c2ncc(Cl)cc2Cl)C1)C1CC1. The maximum Gasteiger partial charge on any atom is 0.223 e. The Labute approximate surface area is 128 Å². The highest BCUT2D eigenvalue weighted by Crippen LogP contribution is 2.30. The highest BCUT2D eigenvalue weighted by molar-refractivity contribution is 6.36. The minimum atomic E-state index is 0.186. The Morgan fingerprint density at radius 3 is 2.85 bits per heavy atom. The van der Waals surface area contributed by atoms with E-state index in [2.05, 4.69) is 15.2 Å². The smallest absolute Gasteiger partial charge is 0.223 e. The molecule has 1 saturated heterocycles. The molecule has 1 N–H and O–H groups in total. The number of pyridine rings is 1. The van der Waals surface area contributed by atoms with Crippen molar-refractivity contribution in [1.29, 1.82) is 0 Å². The van der Waals surface area contributed by atoms with Crippen molar-refractivity contribution in [1.82, 2.24) is 10.3 Å². The van der Waals surface area contributed by atoms with Gasteiger partial charge in [0.25, 0.3) is 0 Å². The van der Waals surface area contributed by atoms with E-state index < -0.39 is 0 Å². The zero-order chi connectivity index (χ0) is 14.1. The first-order valence-electron chi connectivity index (χ1n) is 7.00. The van der Waals surface area contributed by atoms with Gasteiger partial charge in [0, 0.05) is 31.2 Å². The number of halogens is 2. The fraction of sp³-hybridized carbons (Fsp3) is 0.571. The fourth-order valence-corrected chi connectivity index (χ4v) is 3.09. The molecule has 0 spiro atoms. The maximum atomic E-state index is 11.8. The molecule has 1 unspecified atom stereocenters. The van der Waals surface area contributed by atoms with Gasteiger partial charge in [0.1, 0.15) is 5.82 Å². The van der Waals surface area contributed by atoms with Gasteiger partial charge in [0.15, 0.2) is 0 Å². The van der Waals surface area contributed by atoms with Gasteiger partial charge in [0.05, 0.1) is 10.0 Å². The van der Waals surface area contributed by atoms with Gasteiger partial charge in [0.2, 0.25) is 5.91 Å². The van der Waals surface area contributed by atoms with E-state index in [4.69, 9.17) is 23.2 Å². The molecule has 1 aliphatic carbocycles. The molecule has 1 atom stereocenters. The maximum absolute atomic E-state index is 11.8. The minimum absolute atomic E-state index is 0.186. The lowest BCUT2D eigenvalue weighted by molar-refractivity contribution is -0.123. The highest BCUT2D eigenvalue weighted by atomic mass is 35.5. The molecule has 0 radical (unpaired) electrons. The second kappa shape index (κ2) is 5.78. The molecular formula is C14H17Cl2N3O. The summed E-state index contributed by atoms with van der Waals surface area (Å²) in [5.74, 6) is 1.20. The topological polar surface area (TPSA) is 45.2 Å². The minimum Gasteiger partial charge on any atom is -0.353 e. The van der Waals surface area contributed by atoms with Gasteiger partial charge >= 0.3 is 0 Å². The van der Waals surface area contributed by atoms with Crippen molar-refractivity contribution in [3.8, 4) is 0 Å². The lowest BCUT2D eigenvalue weighted by atomic mass is 10.1. The van der Waals surface area contributed by atoms with Crippen LogP contribution < -0.4 is 10.2 Å². The van der Waals surface area contributed by atoms with E-state index in [9.17, 15) is 4.79 Å². The number of nitrogens with one attached hydrogen (secondary N) is 1. The van der Waals surface area contributed by atoms with E-state index in [0.29, 0.717) is 10.0 Å². The van der Waals surface area contributed by atoms with E-state index >= 15 is 0 Å². The van der Waals surface area contributed by atoms with Crippen molar-refractivity contribution in [3.05, 3.63) is 22.3 Å². The molecule has 6 heteroatoms. The van der Waals surface area contributed by atoms with E-state index in [-0.39, 0.29) is 17.9 Å². The van der Waals surface area contributed by atoms with E-state index in [1.54, 1.807) is 12.3 Å². The van der Waals surface area contributed by atoms with Gasteiger partial charge in [-0.3, -0.25) is 4.79 Å². The molecule has 2 heterocycles. The zero-order valence-electron chi connectivity index (χ0n) is 11.1. The summed E-state index contributed by atoms with van der Waals surface area (Å²) < 4.78 is 0. The number of hydrogen-bond donors (Lipinski definition) is 1. The fourth-order valence-electron chi connectivity index (χ4n) is 2.59. The molecule has 108 valence electrons. The Bertz CT molecular complexity index is 519. The van der Waals surface area contributed by atoms with Crippen LogP contribution in [0, 0.1) is 5.92 Å². The van der Waals surface area contributed by atoms with E-state index in [1.807, 2.05) is 0 Å². The predicted molar refractivity (Wildman–Crippen MR) is 80.4 cm³/mol. The first kappa shape index (κ1) is 14.0.